The first kappa shape index (κ1) is 14.6. The molecule has 22 heavy (non-hydrogen) atoms. The maximum absolute atomic E-state index is 12.8. The monoisotopic (exact) mass is 316 g/mol. The van der Waals surface area contributed by atoms with Crippen LogP contribution in [0.4, 0.5) is 4.39 Å². The number of nitrogens with one attached hydrogen (secondary N) is 2. The van der Waals surface area contributed by atoms with Gasteiger partial charge in [-0.2, -0.15) is 0 Å². The smallest absolute Gasteiger partial charge is 0.251 e. The third-order valence-corrected chi connectivity index (χ3v) is 3.75. The Balaban J connectivity index is 1.62. The largest absolute Gasteiger partial charge is 0.361 e. The average Bonchev–Trinajstić information content (AvgIpc) is 2.90. The highest BCUT2D eigenvalue weighted by molar-refractivity contribution is 6.31. The summed E-state index contributed by atoms with van der Waals surface area (Å²) in [5.74, 6) is -0.558. The van der Waals surface area contributed by atoms with Gasteiger partial charge in [-0.3, -0.25) is 4.79 Å². The van der Waals surface area contributed by atoms with E-state index < -0.39 is 0 Å². The van der Waals surface area contributed by atoms with Gasteiger partial charge >= 0.3 is 0 Å². The third-order valence-electron chi connectivity index (χ3n) is 3.52. The summed E-state index contributed by atoms with van der Waals surface area (Å²) in [5, 5.41) is 4.61. The van der Waals surface area contributed by atoms with E-state index in [9.17, 15) is 9.18 Å². The van der Waals surface area contributed by atoms with Crippen molar-refractivity contribution in [3.8, 4) is 0 Å². The van der Waals surface area contributed by atoms with E-state index in [1.807, 2.05) is 24.4 Å². The SMILES string of the molecule is O=C(NCCc1c[nH]c2cc(Cl)ccc12)c1ccc(F)cc1. The molecule has 3 nitrogen and oxygen atoms in total. The molecule has 0 saturated carbocycles. The van der Waals surface area contributed by atoms with Crippen molar-refractivity contribution >= 4 is 28.4 Å². The maximum Gasteiger partial charge on any atom is 0.251 e. The van der Waals surface area contributed by atoms with Crippen LogP contribution in [-0.4, -0.2) is 17.4 Å². The molecule has 0 aliphatic carbocycles. The Kier molecular flexibility index (Phi) is 4.11. The van der Waals surface area contributed by atoms with Crippen molar-refractivity contribution < 1.29 is 9.18 Å². The van der Waals surface area contributed by atoms with Crippen LogP contribution in [0, 0.1) is 5.82 Å². The number of benzene rings is 2. The van der Waals surface area contributed by atoms with Gasteiger partial charge in [-0.05, 0) is 48.4 Å². The molecule has 0 aliphatic rings. The summed E-state index contributed by atoms with van der Waals surface area (Å²) in [6.45, 7) is 0.506. The van der Waals surface area contributed by atoms with Gasteiger partial charge in [0.1, 0.15) is 5.82 Å². The minimum absolute atomic E-state index is 0.206. The lowest BCUT2D eigenvalue weighted by Gasteiger charge is -2.05. The summed E-state index contributed by atoms with van der Waals surface area (Å²) >= 11 is 5.95. The minimum Gasteiger partial charge on any atom is -0.361 e. The number of H-pyrrole nitrogens is 1. The van der Waals surface area contributed by atoms with Gasteiger partial charge in [0.15, 0.2) is 0 Å². The van der Waals surface area contributed by atoms with Crippen molar-refractivity contribution in [3.63, 3.8) is 0 Å². The predicted molar refractivity (Wildman–Crippen MR) is 85.7 cm³/mol. The third kappa shape index (κ3) is 3.12. The van der Waals surface area contributed by atoms with Crippen LogP contribution in [0.3, 0.4) is 0 Å². The predicted octanol–water partition coefficient (Wildman–Crippen LogP) is 3.93. The van der Waals surface area contributed by atoms with Crippen molar-refractivity contribution in [2.75, 3.05) is 6.54 Å². The maximum atomic E-state index is 12.8. The van der Waals surface area contributed by atoms with Crippen LogP contribution in [0.25, 0.3) is 10.9 Å². The fourth-order valence-corrected chi connectivity index (χ4v) is 2.55. The van der Waals surface area contributed by atoms with Crippen LogP contribution in [0.1, 0.15) is 15.9 Å². The molecule has 3 rings (SSSR count). The number of hydrogen-bond acceptors (Lipinski definition) is 1. The molecule has 0 bridgehead atoms. The van der Waals surface area contributed by atoms with Gasteiger partial charge < -0.3 is 10.3 Å². The molecule has 0 radical (unpaired) electrons. The molecule has 0 aliphatic heterocycles. The van der Waals surface area contributed by atoms with Gasteiger partial charge in [0.2, 0.25) is 0 Å². The first-order chi connectivity index (χ1) is 10.6. The van der Waals surface area contributed by atoms with E-state index in [4.69, 9.17) is 11.6 Å². The number of aromatic nitrogens is 1. The summed E-state index contributed by atoms with van der Waals surface area (Å²) in [4.78, 5) is 15.1. The second-order valence-electron chi connectivity index (χ2n) is 5.02. The Morgan fingerprint density at radius 2 is 1.95 bits per heavy atom. The molecule has 3 aromatic rings. The first-order valence-corrected chi connectivity index (χ1v) is 7.30. The lowest BCUT2D eigenvalue weighted by Crippen LogP contribution is -2.25. The quantitative estimate of drug-likeness (QED) is 0.752. The van der Waals surface area contributed by atoms with Crippen molar-refractivity contribution in [2.45, 2.75) is 6.42 Å². The molecule has 1 heterocycles. The Hall–Kier alpha value is -2.33. The van der Waals surface area contributed by atoms with Crippen LogP contribution in [0.5, 0.6) is 0 Å². The van der Waals surface area contributed by atoms with Gasteiger partial charge in [-0.15, -0.1) is 0 Å². The number of hydrogen-bond donors (Lipinski definition) is 2. The van der Waals surface area contributed by atoms with Crippen LogP contribution >= 0.6 is 11.6 Å². The molecule has 1 amide bonds. The van der Waals surface area contributed by atoms with E-state index in [0.717, 1.165) is 16.5 Å². The number of fused-ring (bicyclic) bond motifs is 1. The molecule has 0 unspecified atom stereocenters. The van der Waals surface area contributed by atoms with Crippen molar-refractivity contribution in [3.05, 3.63) is 70.6 Å². The minimum atomic E-state index is -0.353. The van der Waals surface area contributed by atoms with Gasteiger partial charge in [0, 0.05) is 34.2 Å². The zero-order valence-electron chi connectivity index (χ0n) is 11.7. The standard InChI is InChI=1S/C17H14ClFN2O/c18-13-3-6-15-12(10-21-16(15)9-13)7-8-20-17(22)11-1-4-14(19)5-2-11/h1-6,9-10,21H,7-8H2,(H,20,22). The van der Waals surface area contributed by atoms with Gasteiger partial charge in [0.05, 0.1) is 0 Å². The van der Waals surface area contributed by atoms with E-state index in [2.05, 4.69) is 10.3 Å². The summed E-state index contributed by atoms with van der Waals surface area (Å²) in [5.41, 5.74) is 2.55. The number of rotatable bonds is 4. The molecular weight excluding hydrogens is 303 g/mol. The van der Waals surface area contributed by atoms with Gasteiger partial charge in [0.25, 0.3) is 5.91 Å². The highest BCUT2D eigenvalue weighted by Gasteiger charge is 2.07. The molecule has 5 heteroatoms. The highest BCUT2D eigenvalue weighted by Crippen LogP contribution is 2.22. The topological polar surface area (TPSA) is 44.9 Å². The molecule has 2 aromatic carbocycles. The van der Waals surface area contributed by atoms with Gasteiger partial charge in [-0.25, -0.2) is 4.39 Å². The molecule has 0 fully saturated rings. The summed E-state index contributed by atoms with van der Waals surface area (Å²) in [7, 11) is 0. The van der Waals surface area contributed by atoms with Crippen molar-refractivity contribution in [2.24, 2.45) is 0 Å². The van der Waals surface area contributed by atoms with Crippen molar-refractivity contribution in [1.29, 1.82) is 0 Å². The Labute approximate surface area is 132 Å². The number of halogens is 2. The van der Waals surface area contributed by atoms with Gasteiger partial charge in [-0.1, -0.05) is 17.7 Å². The molecule has 1 aromatic heterocycles. The number of carbonyl (C=O) groups excluding carboxylic acids is 1. The zero-order valence-corrected chi connectivity index (χ0v) is 12.5. The van der Waals surface area contributed by atoms with Crippen molar-refractivity contribution in [1.82, 2.24) is 10.3 Å². The molecular formula is C17H14ClFN2O. The number of carbonyl (C=O) groups is 1. The molecule has 2 N–H and O–H groups in total. The number of aromatic amines is 1. The number of amides is 1. The normalized spacial score (nSPS) is 10.8. The van der Waals surface area contributed by atoms with E-state index in [0.29, 0.717) is 23.6 Å². The van der Waals surface area contributed by atoms with E-state index >= 15 is 0 Å². The first-order valence-electron chi connectivity index (χ1n) is 6.93. The Morgan fingerprint density at radius 1 is 1.18 bits per heavy atom. The van der Waals surface area contributed by atoms with E-state index in [1.165, 1.54) is 24.3 Å². The Morgan fingerprint density at radius 3 is 2.73 bits per heavy atom. The average molecular weight is 317 g/mol. The van der Waals surface area contributed by atoms with Crippen LogP contribution < -0.4 is 5.32 Å². The Bertz CT molecular complexity index is 811. The molecule has 0 atom stereocenters. The highest BCUT2D eigenvalue weighted by atomic mass is 35.5. The van der Waals surface area contributed by atoms with Crippen LogP contribution in [0.15, 0.2) is 48.7 Å². The molecule has 0 spiro atoms. The van der Waals surface area contributed by atoms with E-state index in [-0.39, 0.29) is 11.7 Å². The lowest BCUT2D eigenvalue weighted by molar-refractivity contribution is 0.0954. The summed E-state index contributed by atoms with van der Waals surface area (Å²) < 4.78 is 12.8. The van der Waals surface area contributed by atoms with Crippen LogP contribution in [0.2, 0.25) is 5.02 Å². The second-order valence-corrected chi connectivity index (χ2v) is 5.45. The lowest BCUT2D eigenvalue weighted by atomic mass is 10.1. The molecule has 0 saturated heterocycles. The fraction of sp³-hybridized carbons (Fsp3) is 0.118. The fourth-order valence-electron chi connectivity index (χ4n) is 2.38. The summed E-state index contributed by atoms with van der Waals surface area (Å²) in [6.07, 6.45) is 2.62. The summed E-state index contributed by atoms with van der Waals surface area (Å²) in [6, 6.07) is 11.2. The van der Waals surface area contributed by atoms with Crippen LogP contribution in [-0.2, 0) is 6.42 Å². The zero-order chi connectivity index (χ0) is 15.5. The van der Waals surface area contributed by atoms with E-state index in [1.54, 1.807) is 0 Å². The second kappa shape index (κ2) is 6.20. The molecule has 112 valence electrons.